The molecule has 1 unspecified atom stereocenters. The van der Waals surface area contributed by atoms with Crippen LogP contribution in [0, 0.1) is 10.1 Å². The molecule has 80 valence electrons. The van der Waals surface area contributed by atoms with Crippen molar-refractivity contribution in [1.29, 1.82) is 0 Å². The van der Waals surface area contributed by atoms with Crippen molar-refractivity contribution in [3.8, 4) is 5.75 Å². The highest BCUT2D eigenvalue weighted by molar-refractivity contribution is 5.56. The quantitative estimate of drug-likeness (QED) is 0.433. The third kappa shape index (κ3) is 1.55. The van der Waals surface area contributed by atoms with Crippen LogP contribution in [-0.2, 0) is 10.3 Å². The maximum Gasteiger partial charge on any atom is 0.317 e. The highest BCUT2D eigenvalue weighted by Gasteiger charge is 2.46. The minimum atomic E-state index is -0.517. The number of nitro benzene ring substituents is 1. The third-order valence-corrected chi connectivity index (χ3v) is 2.55. The fourth-order valence-electron chi connectivity index (χ4n) is 1.57. The summed E-state index contributed by atoms with van der Waals surface area (Å²) in [7, 11) is 1.42. The maximum atomic E-state index is 10.9. The Morgan fingerprint density at radius 3 is 2.73 bits per heavy atom. The van der Waals surface area contributed by atoms with Crippen LogP contribution < -0.4 is 4.74 Å². The van der Waals surface area contributed by atoms with Gasteiger partial charge in [-0.15, -0.1) is 0 Å². The second kappa shape index (κ2) is 3.20. The fourth-order valence-corrected chi connectivity index (χ4v) is 1.57. The topological polar surface area (TPSA) is 64.9 Å². The van der Waals surface area contributed by atoms with Gasteiger partial charge in [-0.2, -0.15) is 0 Å². The molecule has 1 aromatic rings. The van der Waals surface area contributed by atoms with E-state index in [0.717, 1.165) is 0 Å². The molecule has 1 aliphatic heterocycles. The molecule has 1 atom stereocenters. The predicted octanol–water partition coefficient (Wildman–Crippen LogP) is 1.85. The molecule has 0 bridgehead atoms. The van der Waals surface area contributed by atoms with E-state index < -0.39 is 10.5 Å². The standard InChI is InChI=1S/C10H11NO4/c1-10(6-15-10)7-4-3-5-8(14-2)9(7)11(12)13/h3-5H,6H2,1-2H3. The van der Waals surface area contributed by atoms with Gasteiger partial charge in [-0.1, -0.05) is 6.07 Å². The highest BCUT2D eigenvalue weighted by Crippen LogP contribution is 2.45. The van der Waals surface area contributed by atoms with Gasteiger partial charge in [0.25, 0.3) is 0 Å². The lowest BCUT2D eigenvalue weighted by Crippen LogP contribution is -2.07. The number of para-hydroxylation sites is 1. The lowest BCUT2D eigenvalue weighted by Gasteiger charge is -2.09. The van der Waals surface area contributed by atoms with Gasteiger partial charge >= 0.3 is 5.69 Å². The van der Waals surface area contributed by atoms with Crippen LogP contribution in [-0.4, -0.2) is 18.6 Å². The average Bonchev–Trinajstić information content (AvgIpc) is 2.96. The van der Waals surface area contributed by atoms with Gasteiger partial charge in [0.1, 0.15) is 5.60 Å². The van der Waals surface area contributed by atoms with E-state index in [9.17, 15) is 10.1 Å². The summed E-state index contributed by atoms with van der Waals surface area (Å²) in [5.41, 5.74) is 0.0589. The molecule has 15 heavy (non-hydrogen) atoms. The van der Waals surface area contributed by atoms with Crippen molar-refractivity contribution >= 4 is 5.69 Å². The van der Waals surface area contributed by atoms with E-state index in [1.54, 1.807) is 18.2 Å². The molecule has 0 radical (unpaired) electrons. The smallest absolute Gasteiger partial charge is 0.317 e. The van der Waals surface area contributed by atoms with Gasteiger partial charge in [-0.05, 0) is 19.1 Å². The monoisotopic (exact) mass is 209 g/mol. The Morgan fingerprint density at radius 1 is 1.60 bits per heavy atom. The molecule has 2 rings (SSSR count). The van der Waals surface area contributed by atoms with E-state index in [2.05, 4.69) is 0 Å². The molecule has 0 aromatic heterocycles. The number of nitrogens with zero attached hydrogens (tertiary/aromatic N) is 1. The van der Waals surface area contributed by atoms with Gasteiger partial charge in [0.05, 0.1) is 24.2 Å². The second-order valence-electron chi connectivity index (χ2n) is 3.63. The highest BCUT2D eigenvalue weighted by atomic mass is 16.6. The number of nitro groups is 1. The Morgan fingerprint density at radius 2 is 2.27 bits per heavy atom. The van der Waals surface area contributed by atoms with Crippen LogP contribution in [0.4, 0.5) is 5.69 Å². The van der Waals surface area contributed by atoms with Crippen LogP contribution in [0.5, 0.6) is 5.75 Å². The van der Waals surface area contributed by atoms with Crippen LogP contribution in [0.25, 0.3) is 0 Å². The van der Waals surface area contributed by atoms with Gasteiger partial charge in [0, 0.05) is 0 Å². The zero-order valence-electron chi connectivity index (χ0n) is 8.52. The minimum absolute atomic E-state index is 0.000000000000000222. The van der Waals surface area contributed by atoms with Crippen molar-refractivity contribution in [2.24, 2.45) is 0 Å². The zero-order valence-corrected chi connectivity index (χ0v) is 8.52. The number of ether oxygens (including phenoxy) is 2. The van der Waals surface area contributed by atoms with E-state index in [1.807, 2.05) is 6.92 Å². The van der Waals surface area contributed by atoms with Crippen LogP contribution in [0.2, 0.25) is 0 Å². The van der Waals surface area contributed by atoms with Gasteiger partial charge in [-0.25, -0.2) is 0 Å². The molecule has 0 saturated carbocycles. The van der Waals surface area contributed by atoms with Gasteiger partial charge in [0.15, 0.2) is 5.75 Å². The van der Waals surface area contributed by atoms with Crippen molar-refractivity contribution in [2.75, 3.05) is 13.7 Å². The number of methoxy groups -OCH3 is 1. The van der Waals surface area contributed by atoms with Crippen LogP contribution in [0.15, 0.2) is 18.2 Å². The molecule has 1 fully saturated rings. The molecule has 5 heteroatoms. The van der Waals surface area contributed by atoms with E-state index in [1.165, 1.54) is 7.11 Å². The first-order valence-corrected chi connectivity index (χ1v) is 4.54. The Hall–Kier alpha value is -1.62. The van der Waals surface area contributed by atoms with Crippen LogP contribution >= 0.6 is 0 Å². The van der Waals surface area contributed by atoms with Crippen LogP contribution in [0.1, 0.15) is 12.5 Å². The van der Waals surface area contributed by atoms with Gasteiger partial charge < -0.3 is 9.47 Å². The molecule has 0 amide bonds. The molecule has 0 spiro atoms. The molecular formula is C10H11NO4. The van der Waals surface area contributed by atoms with Crippen LogP contribution in [0.3, 0.4) is 0 Å². The summed E-state index contributed by atoms with van der Waals surface area (Å²) in [5, 5.41) is 10.9. The number of epoxide rings is 1. The summed E-state index contributed by atoms with van der Waals surface area (Å²) in [4.78, 5) is 10.5. The number of benzene rings is 1. The summed E-state index contributed by atoms with van der Waals surface area (Å²) < 4.78 is 10.2. The van der Waals surface area contributed by atoms with E-state index in [-0.39, 0.29) is 11.4 Å². The summed E-state index contributed by atoms with van der Waals surface area (Å²) in [5.74, 6) is 0.272. The first kappa shape index (κ1) is 9.92. The maximum absolute atomic E-state index is 10.9. The van der Waals surface area contributed by atoms with Crippen molar-refractivity contribution in [3.63, 3.8) is 0 Å². The molecule has 5 nitrogen and oxygen atoms in total. The van der Waals surface area contributed by atoms with E-state index in [0.29, 0.717) is 12.2 Å². The molecule has 1 heterocycles. The van der Waals surface area contributed by atoms with Gasteiger partial charge in [-0.3, -0.25) is 10.1 Å². The minimum Gasteiger partial charge on any atom is -0.490 e. The second-order valence-corrected chi connectivity index (χ2v) is 3.63. The normalized spacial score (nSPS) is 23.6. The number of hydrogen-bond acceptors (Lipinski definition) is 4. The molecule has 1 saturated heterocycles. The summed E-state index contributed by atoms with van der Waals surface area (Å²) in [6.45, 7) is 2.34. The van der Waals surface area contributed by atoms with Crippen molar-refractivity contribution in [3.05, 3.63) is 33.9 Å². The largest absolute Gasteiger partial charge is 0.490 e. The Balaban J connectivity index is 2.58. The Labute approximate surface area is 86.8 Å². The van der Waals surface area contributed by atoms with E-state index >= 15 is 0 Å². The van der Waals surface area contributed by atoms with Crippen molar-refractivity contribution in [2.45, 2.75) is 12.5 Å². The molecule has 1 aromatic carbocycles. The van der Waals surface area contributed by atoms with Crippen molar-refractivity contribution in [1.82, 2.24) is 0 Å². The first-order valence-electron chi connectivity index (χ1n) is 4.54. The summed E-state index contributed by atoms with van der Waals surface area (Å²) in [6.07, 6.45) is 0. The van der Waals surface area contributed by atoms with Crippen molar-refractivity contribution < 1.29 is 14.4 Å². The third-order valence-electron chi connectivity index (χ3n) is 2.55. The lowest BCUT2D eigenvalue weighted by molar-refractivity contribution is -0.386. The molecule has 0 N–H and O–H groups in total. The predicted molar refractivity (Wildman–Crippen MR) is 53.0 cm³/mol. The number of rotatable bonds is 3. The zero-order chi connectivity index (χ0) is 11.1. The Kier molecular flexibility index (Phi) is 2.12. The molecule has 0 aliphatic carbocycles. The van der Waals surface area contributed by atoms with E-state index in [4.69, 9.17) is 9.47 Å². The SMILES string of the molecule is COc1cccc(C2(C)CO2)c1[N+](=O)[O-]. The molecular weight excluding hydrogens is 198 g/mol. The summed E-state index contributed by atoms with van der Waals surface area (Å²) >= 11 is 0. The fraction of sp³-hybridized carbons (Fsp3) is 0.400. The number of hydrogen-bond donors (Lipinski definition) is 0. The summed E-state index contributed by atoms with van der Waals surface area (Å²) in [6, 6.07) is 5.01. The average molecular weight is 209 g/mol. The lowest BCUT2D eigenvalue weighted by atomic mass is 10.00. The Bertz CT molecular complexity index is 412. The molecule has 1 aliphatic rings. The first-order chi connectivity index (χ1) is 7.08. The van der Waals surface area contributed by atoms with Gasteiger partial charge in [0.2, 0.25) is 0 Å².